The van der Waals surface area contributed by atoms with Crippen molar-refractivity contribution in [3.63, 3.8) is 0 Å². The average Bonchev–Trinajstić information content (AvgIpc) is 2.76. The Morgan fingerprint density at radius 1 is 1.32 bits per heavy atom. The monoisotopic (exact) mass is 303 g/mol. The van der Waals surface area contributed by atoms with Crippen LogP contribution in [0.15, 0.2) is 36.0 Å². The first-order valence-electron chi connectivity index (χ1n) is 6.90. The zero-order valence-corrected chi connectivity index (χ0v) is 12.1. The van der Waals surface area contributed by atoms with Crippen molar-refractivity contribution in [2.75, 3.05) is 25.0 Å². The minimum Gasteiger partial charge on any atom is -0.395 e. The van der Waals surface area contributed by atoms with E-state index < -0.39 is 11.8 Å². The zero-order chi connectivity index (χ0) is 16.1. The van der Waals surface area contributed by atoms with E-state index in [2.05, 4.69) is 10.6 Å². The Balaban J connectivity index is 2.13. The fraction of sp³-hybridized carbons (Fsp3) is 0.267. The van der Waals surface area contributed by atoms with Crippen molar-refractivity contribution in [3.05, 3.63) is 41.6 Å². The van der Waals surface area contributed by atoms with E-state index in [-0.39, 0.29) is 24.8 Å². The largest absolute Gasteiger partial charge is 0.395 e. The van der Waals surface area contributed by atoms with Crippen LogP contribution in [0.4, 0.5) is 5.69 Å². The van der Waals surface area contributed by atoms with Crippen LogP contribution in [0.3, 0.4) is 0 Å². The second-order valence-corrected chi connectivity index (χ2v) is 4.64. The molecule has 22 heavy (non-hydrogen) atoms. The van der Waals surface area contributed by atoms with E-state index in [1.165, 1.54) is 6.08 Å². The number of nitrogens with zero attached hydrogens (tertiary/aromatic N) is 1. The van der Waals surface area contributed by atoms with Crippen LogP contribution < -0.4 is 10.6 Å². The molecule has 7 heteroatoms. The number of β-amino-alcohol motifs (C(OH)–C–C–N with tert-alkyl or cyclic N) is 1. The number of hydrogen-bond donors (Lipinski definition) is 3. The number of aliphatic hydroxyl groups is 1. The van der Waals surface area contributed by atoms with Crippen molar-refractivity contribution in [1.82, 2.24) is 10.2 Å². The summed E-state index contributed by atoms with van der Waals surface area (Å²) in [5.41, 5.74) is 1.10. The molecule has 0 saturated carbocycles. The van der Waals surface area contributed by atoms with Gasteiger partial charge in [-0.2, -0.15) is 0 Å². The average molecular weight is 303 g/mol. The van der Waals surface area contributed by atoms with Gasteiger partial charge in [0.25, 0.3) is 17.7 Å². The van der Waals surface area contributed by atoms with Gasteiger partial charge in [-0.3, -0.25) is 19.3 Å². The fourth-order valence-corrected chi connectivity index (χ4v) is 2.07. The molecular weight excluding hydrogens is 286 g/mol. The lowest BCUT2D eigenvalue weighted by atomic mass is 10.2. The number of nitrogens with one attached hydrogen (secondary N) is 2. The van der Waals surface area contributed by atoms with Crippen LogP contribution in [0.25, 0.3) is 0 Å². The quantitative estimate of drug-likeness (QED) is 0.647. The molecule has 116 valence electrons. The van der Waals surface area contributed by atoms with E-state index in [9.17, 15) is 14.4 Å². The van der Waals surface area contributed by atoms with E-state index >= 15 is 0 Å². The van der Waals surface area contributed by atoms with E-state index in [1.54, 1.807) is 24.3 Å². The molecule has 0 bridgehead atoms. The van der Waals surface area contributed by atoms with Gasteiger partial charge in [-0.25, -0.2) is 0 Å². The van der Waals surface area contributed by atoms with Gasteiger partial charge in [0, 0.05) is 23.9 Å². The molecule has 0 spiro atoms. The van der Waals surface area contributed by atoms with Crippen molar-refractivity contribution in [2.24, 2.45) is 0 Å². The molecule has 1 aromatic rings. The Hall–Kier alpha value is -2.67. The van der Waals surface area contributed by atoms with Crippen LogP contribution in [0, 0.1) is 0 Å². The third-order valence-corrected chi connectivity index (χ3v) is 3.07. The standard InChI is InChI=1S/C15H17N3O4/c1-2-16-14(21)10-4-3-5-11(8-10)17-12-9-13(20)18(6-7-19)15(12)22/h3-5,8-9,17,19H,2,6-7H2,1H3,(H,16,21). The van der Waals surface area contributed by atoms with Gasteiger partial charge in [0.15, 0.2) is 0 Å². The summed E-state index contributed by atoms with van der Waals surface area (Å²) in [6.45, 7) is 2.01. The zero-order valence-electron chi connectivity index (χ0n) is 12.1. The summed E-state index contributed by atoms with van der Waals surface area (Å²) in [4.78, 5) is 36.4. The van der Waals surface area contributed by atoms with Gasteiger partial charge in [0.05, 0.1) is 13.2 Å². The third-order valence-electron chi connectivity index (χ3n) is 3.07. The number of anilines is 1. The van der Waals surface area contributed by atoms with Gasteiger partial charge in [0.1, 0.15) is 5.70 Å². The molecule has 0 aliphatic carbocycles. The van der Waals surface area contributed by atoms with Gasteiger partial charge in [0.2, 0.25) is 0 Å². The molecular formula is C15H17N3O4. The molecule has 0 atom stereocenters. The second kappa shape index (κ2) is 6.86. The van der Waals surface area contributed by atoms with Crippen LogP contribution in [-0.2, 0) is 9.59 Å². The molecule has 1 heterocycles. The highest BCUT2D eigenvalue weighted by atomic mass is 16.3. The molecule has 0 radical (unpaired) electrons. The minimum atomic E-state index is -0.498. The molecule has 1 aromatic carbocycles. The highest BCUT2D eigenvalue weighted by Crippen LogP contribution is 2.18. The maximum absolute atomic E-state index is 12.0. The number of imide groups is 1. The van der Waals surface area contributed by atoms with Crippen LogP contribution in [0.2, 0.25) is 0 Å². The topological polar surface area (TPSA) is 98.7 Å². The molecule has 2 rings (SSSR count). The Morgan fingerprint density at radius 2 is 2.09 bits per heavy atom. The Morgan fingerprint density at radius 3 is 2.77 bits per heavy atom. The predicted octanol–water partition coefficient (Wildman–Crippen LogP) is 0.0932. The summed E-state index contributed by atoms with van der Waals surface area (Å²) in [6, 6.07) is 6.62. The summed E-state index contributed by atoms with van der Waals surface area (Å²) in [5, 5.41) is 14.4. The Kier molecular flexibility index (Phi) is 4.90. The SMILES string of the molecule is CCNC(=O)c1cccc(NC2=CC(=O)N(CCO)C2=O)c1. The maximum atomic E-state index is 12.0. The van der Waals surface area contributed by atoms with E-state index in [0.29, 0.717) is 17.8 Å². The maximum Gasteiger partial charge on any atom is 0.277 e. The first-order chi connectivity index (χ1) is 10.6. The highest BCUT2D eigenvalue weighted by molar-refractivity contribution is 6.17. The third kappa shape index (κ3) is 3.32. The lowest BCUT2D eigenvalue weighted by Gasteiger charge is -2.13. The molecule has 7 nitrogen and oxygen atoms in total. The number of amides is 3. The number of hydrogen-bond acceptors (Lipinski definition) is 5. The van der Waals surface area contributed by atoms with Gasteiger partial charge >= 0.3 is 0 Å². The first kappa shape index (κ1) is 15.7. The molecule has 1 aliphatic rings. The minimum absolute atomic E-state index is 0.0434. The lowest BCUT2D eigenvalue weighted by Crippen LogP contribution is -2.34. The molecule has 3 N–H and O–H groups in total. The highest BCUT2D eigenvalue weighted by Gasteiger charge is 2.30. The van der Waals surface area contributed by atoms with Gasteiger partial charge in [-0.1, -0.05) is 6.07 Å². The molecule has 0 fully saturated rings. The van der Waals surface area contributed by atoms with Crippen molar-refractivity contribution in [3.8, 4) is 0 Å². The Labute approximate surface area is 127 Å². The van der Waals surface area contributed by atoms with E-state index in [1.807, 2.05) is 6.92 Å². The van der Waals surface area contributed by atoms with Crippen LogP contribution in [0.5, 0.6) is 0 Å². The van der Waals surface area contributed by atoms with Crippen LogP contribution in [-0.4, -0.2) is 47.4 Å². The van der Waals surface area contributed by atoms with Crippen LogP contribution in [0.1, 0.15) is 17.3 Å². The smallest absolute Gasteiger partial charge is 0.277 e. The second-order valence-electron chi connectivity index (χ2n) is 4.64. The first-order valence-corrected chi connectivity index (χ1v) is 6.90. The summed E-state index contributed by atoms with van der Waals surface area (Å²) in [5.74, 6) is -1.18. The van der Waals surface area contributed by atoms with Crippen molar-refractivity contribution < 1.29 is 19.5 Å². The van der Waals surface area contributed by atoms with Gasteiger partial charge in [-0.05, 0) is 25.1 Å². The fourth-order valence-electron chi connectivity index (χ4n) is 2.07. The summed E-state index contributed by atoms with van der Waals surface area (Å²) >= 11 is 0. The lowest BCUT2D eigenvalue weighted by molar-refractivity contribution is -0.137. The van der Waals surface area contributed by atoms with Crippen molar-refractivity contribution >= 4 is 23.4 Å². The van der Waals surface area contributed by atoms with E-state index in [4.69, 9.17) is 5.11 Å². The van der Waals surface area contributed by atoms with Gasteiger partial charge < -0.3 is 15.7 Å². The Bertz CT molecular complexity index is 639. The molecule has 0 unspecified atom stereocenters. The molecule has 0 saturated heterocycles. The molecule has 0 aromatic heterocycles. The van der Waals surface area contributed by atoms with E-state index in [0.717, 1.165) is 4.90 Å². The van der Waals surface area contributed by atoms with Crippen molar-refractivity contribution in [1.29, 1.82) is 0 Å². The number of rotatable bonds is 6. The van der Waals surface area contributed by atoms with Gasteiger partial charge in [-0.15, -0.1) is 0 Å². The number of benzene rings is 1. The summed E-state index contributed by atoms with van der Waals surface area (Å²) in [7, 11) is 0. The molecule has 3 amide bonds. The predicted molar refractivity (Wildman–Crippen MR) is 80.0 cm³/mol. The number of carbonyl (C=O) groups is 3. The molecule has 1 aliphatic heterocycles. The number of aliphatic hydroxyl groups excluding tert-OH is 1. The van der Waals surface area contributed by atoms with Crippen LogP contribution >= 0.6 is 0 Å². The normalized spacial score (nSPS) is 14.1. The van der Waals surface area contributed by atoms with Crippen molar-refractivity contribution in [2.45, 2.75) is 6.92 Å². The number of carbonyl (C=O) groups excluding carboxylic acids is 3. The summed E-state index contributed by atoms with van der Waals surface area (Å²) < 4.78 is 0. The summed E-state index contributed by atoms with van der Waals surface area (Å²) in [6.07, 6.45) is 1.18.